The van der Waals surface area contributed by atoms with Crippen molar-refractivity contribution in [2.75, 3.05) is 0 Å². The van der Waals surface area contributed by atoms with Crippen molar-refractivity contribution in [1.29, 1.82) is 0 Å². The van der Waals surface area contributed by atoms with E-state index >= 15 is 0 Å². The van der Waals surface area contributed by atoms with E-state index in [0.717, 1.165) is 21.0 Å². The van der Waals surface area contributed by atoms with Gasteiger partial charge in [0, 0.05) is 39.9 Å². The highest BCUT2D eigenvalue weighted by Gasteiger charge is 2.14. The second-order valence-corrected chi connectivity index (χ2v) is 9.28. The normalized spacial score (nSPS) is 11.2. The molecule has 1 amide bonds. The van der Waals surface area contributed by atoms with E-state index in [0.29, 0.717) is 21.6 Å². The van der Waals surface area contributed by atoms with Crippen LogP contribution in [-0.4, -0.2) is 22.0 Å². The summed E-state index contributed by atoms with van der Waals surface area (Å²) in [6.45, 7) is 0.178. The molecule has 0 aliphatic carbocycles. The third-order valence-corrected chi connectivity index (χ3v) is 6.88. The number of nitro groups is 2. The summed E-state index contributed by atoms with van der Waals surface area (Å²) < 4.78 is 6.77. The first-order chi connectivity index (χ1) is 18.4. The Morgan fingerprint density at radius 1 is 0.895 bits per heavy atom. The fraction of sp³-hybridized carbons (Fsp3) is 0.0370. The van der Waals surface area contributed by atoms with E-state index in [4.69, 9.17) is 4.74 Å². The SMILES string of the molecule is O=C(N/N=C\c1c(OCc2ccc([N+](=O)[O-])cc2)ccc2ccccc12)c1cc2cc([N+](=O)[O-])ccc2s1. The number of carbonyl (C=O) groups is 1. The number of hydrogen-bond acceptors (Lipinski definition) is 8. The minimum Gasteiger partial charge on any atom is -0.488 e. The van der Waals surface area contributed by atoms with Crippen molar-refractivity contribution in [3.05, 3.63) is 121 Å². The standard InChI is InChI=1S/C27H18N4O6S/c32-27(26-14-19-13-21(31(35)36)10-12-25(19)38-26)29-28-15-23-22-4-2-1-3-18(22)7-11-24(23)37-16-17-5-8-20(9-6-17)30(33)34/h1-15H,16H2,(H,29,32)/b28-15-. The van der Waals surface area contributed by atoms with Gasteiger partial charge >= 0.3 is 0 Å². The lowest BCUT2D eigenvalue weighted by molar-refractivity contribution is -0.385. The number of fused-ring (bicyclic) bond motifs is 2. The lowest BCUT2D eigenvalue weighted by Crippen LogP contribution is -2.16. The van der Waals surface area contributed by atoms with E-state index in [1.54, 1.807) is 30.3 Å². The lowest BCUT2D eigenvalue weighted by atomic mass is 10.0. The summed E-state index contributed by atoms with van der Waals surface area (Å²) in [6, 6.07) is 23.5. The zero-order valence-electron chi connectivity index (χ0n) is 19.6. The van der Waals surface area contributed by atoms with Crippen LogP contribution in [0.15, 0.2) is 90.0 Å². The fourth-order valence-corrected chi connectivity index (χ4v) is 4.81. The summed E-state index contributed by atoms with van der Waals surface area (Å²) in [5, 5.41) is 28.5. The highest BCUT2D eigenvalue weighted by Crippen LogP contribution is 2.30. The molecule has 1 N–H and O–H groups in total. The zero-order chi connectivity index (χ0) is 26.6. The van der Waals surface area contributed by atoms with Crippen molar-refractivity contribution in [2.24, 2.45) is 5.10 Å². The first kappa shape index (κ1) is 24.5. The number of ether oxygens (including phenoxy) is 1. The maximum atomic E-state index is 12.7. The van der Waals surface area contributed by atoms with Crippen molar-refractivity contribution >= 4 is 55.7 Å². The van der Waals surface area contributed by atoms with Gasteiger partial charge < -0.3 is 4.74 Å². The van der Waals surface area contributed by atoms with Gasteiger partial charge in [0.25, 0.3) is 17.3 Å². The Labute approximate surface area is 219 Å². The summed E-state index contributed by atoms with van der Waals surface area (Å²) in [6.07, 6.45) is 1.50. The van der Waals surface area contributed by atoms with Crippen LogP contribution in [0, 0.1) is 20.2 Å². The summed E-state index contributed by atoms with van der Waals surface area (Å²) in [5.74, 6) is 0.0768. The van der Waals surface area contributed by atoms with Crippen LogP contribution in [0.1, 0.15) is 20.8 Å². The van der Waals surface area contributed by atoms with E-state index in [1.807, 2.05) is 30.3 Å². The molecular formula is C27H18N4O6S. The summed E-state index contributed by atoms with van der Waals surface area (Å²) in [5.41, 5.74) is 3.88. The van der Waals surface area contributed by atoms with E-state index < -0.39 is 15.8 Å². The van der Waals surface area contributed by atoms with Gasteiger partial charge in [0.15, 0.2) is 0 Å². The largest absolute Gasteiger partial charge is 0.488 e. The summed E-state index contributed by atoms with van der Waals surface area (Å²) in [4.78, 5) is 34.1. The number of rotatable bonds is 8. The number of thiophene rings is 1. The monoisotopic (exact) mass is 526 g/mol. The number of benzene rings is 4. The maximum absolute atomic E-state index is 12.7. The lowest BCUT2D eigenvalue weighted by Gasteiger charge is -2.12. The van der Waals surface area contributed by atoms with Gasteiger partial charge in [0.05, 0.1) is 20.9 Å². The number of amides is 1. The van der Waals surface area contributed by atoms with Crippen LogP contribution in [-0.2, 0) is 6.61 Å². The van der Waals surface area contributed by atoms with Crippen molar-refractivity contribution in [3.63, 3.8) is 0 Å². The minimum absolute atomic E-state index is 0.000112. The Morgan fingerprint density at radius 3 is 2.39 bits per heavy atom. The van der Waals surface area contributed by atoms with Crippen LogP contribution >= 0.6 is 11.3 Å². The van der Waals surface area contributed by atoms with E-state index in [-0.39, 0.29) is 18.0 Å². The molecule has 0 atom stereocenters. The number of hydrogen-bond donors (Lipinski definition) is 1. The molecule has 0 saturated carbocycles. The van der Waals surface area contributed by atoms with Gasteiger partial charge in [0.1, 0.15) is 12.4 Å². The Kier molecular flexibility index (Phi) is 6.74. The average Bonchev–Trinajstić information content (AvgIpc) is 3.36. The molecule has 0 saturated heterocycles. The molecule has 0 aliphatic rings. The molecule has 0 aliphatic heterocycles. The van der Waals surface area contributed by atoms with Gasteiger partial charge in [-0.3, -0.25) is 25.0 Å². The highest BCUT2D eigenvalue weighted by atomic mass is 32.1. The predicted octanol–water partition coefficient (Wildman–Crippen LogP) is 6.21. The van der Waals surface area contributed by atoms with Crippen LogP contribution in [0.3, 0.4) is 0 Å². The number of nitro benzene ring substituents is 2. The summed E-state index contributed by atoms with van der Waals surface area (Å²) in [7, 11) is 0. The molecule has 0 unspecified atom stereocenters. The van der Waals surface area contributed by atoms with Crippen LogP contribution in [0.2, 0.25) is 0 Å². The molecule has 10 nitrogen and oxygen atoms in total. The van der Waals surface area contributed by atoms with Gasteiger partial charge in [0.2, 0.25) is 0 Å². The van der Waals surface area contributed by atoms with Crippen molar-refractivity contribution < 1.29 is 19.4 Å². The molecular weight excluding hydrogens is 508 g/mol. The molecule has 5 aromatic rings. The Balaban J connectivity index is 1.36. The molecule has 0 spiro atoms. The van der Waals surface area contributed by atoms with Gasteiger partial charge in [-0.15, -0.1) is 11.3 Å². The second kappa shape index (κ2) is 10.4. The van der Waals surface area contributed by atoms with Crippen molar-refractivity contribution in [1.82, 2.24) is 5.43 Å². The summed E-state index contributed by atoms with van der Waals surface area (Å²) >= 11 is 1.21. The maximum Gasteiger partial charge on any atom is 0.281 e. The fourth-order valence-electron chi connectivity index (χ4n) is 3.88. The molecule has 4 aromatic carbocycles. The zero-order valence-corrected chi connectivity index (χ0v) is 20.4. The van der Waals surface area contributed by atoms with Crippen LogP contribution in [0.5, 0.6) is 5.75 Å². The molecule has 11 heteroatoms. The molecule has 0 bridgehead atoms. The highest BCUT2D eigenvalue weighted by molar-refractivity contribution is 7.20. The van der Waals surface area contributed by atoms with Gasteiger partial charge in [-0.2, -0.15) is 5.10 Å². The van der Waals surface area contributed by atoms with E-state index in [2.05, 4.69) is 10.5 Å². The Hall–Kier alpha value is -5.16. The first-order valence-corrected chi connectivity index (χ1v) is 12.1. The number of hydrazone groups is 1. The number of nitrogens with zero attached hydrogens (tertiary/aromatic N) is 3. The molecule has 1 aromatic heterocycles. The first-order valence-electron chi connectivity index (χ1n) is 11.3. The number of nitrogens with one attached hydrogen (secondary N) is 1. The van der Waals surface area contributed by atoms with Gasteiger partial charge in [-0.05, 0) is 46.7 Å². The molecule has 5 rings (SSSR count). The predicted molar refractivity (Wildman–Crippen MR) is 145 cm³/mol. The van der Waals surface area contributed by atoms with Crippen molar-refractivity contribution in [2.45, 2.75) is 6.61 Å². The number of carbonyl (C=O) groups excluding carboxylic acids is 1. The van der Waals surface area contributed by atoms with Crippen LogP contribution < -0.4 is 10.2 Å². The average molecular weight is 527 g/mol. The minimum atomic E-state index is -0.480. The Bertz CT molecular complexity index is 1730. The topological polar surface area (TPSA) is 137 Å². The molecule has 1 heterocycles. The Morgan fingerprint density at radius 2 is 1.63 bits per heavy atom. The van der Waals surface area contributed by atoms with E-state index in [9.17, 15) is 25.0 Å². The van der Waals surface area contributed by atoms with Crippen molar-refractivity contribution in [3.8, 4) is 5.75 Å². The van der Waals surface area contributed by atoms with Crippen LogP contribution in [0.4, 0.5) is 11.4 Å². The molecule has 188 valence electrons. The quantitative estimate of drug-likeness (QED) is 0.145. The second-order valence-electron chi connectivity index (χ2n) is 8.20. The third-order valence-electron chi connectivity index (χ3n) is 5.77. The van der Waals surface area contributed by atoms with Gasteiger partial charge in [-0.25, -0.2) is 5.43 Å². The molecule has 0 radical (unpaired) electrons. The number of non-ortho nitro benzene ring substituents is 2. The molecule has 38 heavy (non-hydrogen) atoms. The van der Waals surface area contributed by atoms with Crippen LogP contribution in [0.25, 0.3) is 20.9 Å². The van der Waals surface area contributed by atoms with Gasteiger partial charge in [-0.1, -0.05) is 30.3 Å². The van der Waals surface area contributed by atoms with E-state index in [1.165, 1.54) is 41.8 Å². The third kappa shape index (κ3) is 5.18. The smallest absolute Gasteiger partial charge is 0.281 e. The molecule has 0 fully saturated rings.